The molecule has 4 rings (SSSR count). The average molecular weight is 350 g/mol. The molecule has 3 nitrogen and oxygen atoms in total. The first-order valence-electron chi connectivity index (χ1n) is 7.94. The van der Waals surface area contributed by atoms with Crippen molar-refractivity contribution in [2.24, 2.45) is 17.8 Å². The number of esters is 1. The number of fused-ring (bicyclic) bond motifs is 2. The van der Waals surface area contributed by atoms with Crippen LogP contribution in [0.15, 0.2) is 16.6 Å². The molecule has 0 saturated heterocycles. The van der Waals surface area contributed by atoms with Gasteiger partial charge in [-0.1, -0.05) is 0 Å². The van der Waals surface area contributed by atoms with Crippen molar-refractivity contribution in [1.82, 2.24) is 0 Å². The Morgan fingerprint density at radius 1 is 1.29 bits per heavy atom. The van der Waals surface area contributed by atoms with Gasteiger partial charge in [-0.15, -0.1) is 0 Å². The summed E-state index contributed by atoms with van der Waals surface area (Å²) in [4.78, 5) is 12.3. The van der Waals surface area contributed by atoms with Crippen LogP contribution in [-0.2, 0) is 11.2 Å². The van der Waals surface area contributed by atoms with Crippen molar-refractivity contribution in [2.75, 3.05) is 18.5 Å². The quantitative estimate of drug-likeness (QED) is 0.837. The predicted octanol–water partition coefficient (Wildman–Crippen LogP) is 4.01. The number of ether oxygens (including phenoxy) is 1. The van der Waals surface area contributed by atoms with E-state index in [0.29, 0.717) is 18.1 Å². The van der Waals surface area contributed by atoms with Crippen molar-refractivity contribution in [3.8, 4) is 0 Å². The molecule has 0 spiro atoms. The van der Waals surface area contributed by atoms with Crippen LogP contribution in [0.3, 0.4) is 0 Å². The summed E-state index contributed by atoms with van der Waals surface area (Å²) < 4.78 is 6.43. The lowest BCUT2D eigenvalue weighted by Crippen LogP contribution is -2.18. The Labute approximate surface area is 133 Å². The topological polar surface area (TPSA) is 38.3 Å². The molecule has 112 valence electrons. The van der Waals surface area contributed by atoms with Crippen LogP contribution in [0.4, 0.5) is 5.69 Å². The standard InChI is InChI=1S/C17H20BrNO2/c18-15-7-12-3-4-19-16(12)8-14(15)17(20)21-9-10-1-2-11-6-13(11)5-10/h7-8,10-11,13,19H,1-6,9H2. The highest BCUT2D eigenvalue weighted by Gasteiger charge is 2.42. The maximum Gasteiger partial charge on any atom is 0.339 e. The largest absolute Gasteiger partial charge is 0.462 e. The zero-order valence-electron chi connectivity index (χ0n) is 12.0. The lowest BCUT2D eigenvalue weighted by Gasteiger charge is -2.21. The van der Waals surface area contributed by atoms with E-state index in [1.807, 2.05) is 12.1 Å². The van der Waals surface area contributed by atoms with Gasteiger partial charge in [0.25, 0.3) is 0 Å². The number of rotatable bonds is 3. The summed E-state index contributed by atoms with van der Waals surface area (Å²) in [6, 6.07) is 3.97. The molecule has 3 unspecified atom stereocenters. The molecule has 3 atom stereocenters. The van der Waals surface area contributed by atoms with Crippen LogP contribution in [0.25, 0.3) is 0 Å². The molecule has 0 amide bonds. The SMILES string of the molecule is O=C(OCC1CCC2CC2C1)c1cc2c(cc1Br)CCN2. The number of anilines is 1. The Morgan fingerprint density at radius 3 is 3.05 bits per heavy atom. The van der Waals surface area contributed by atoms with Gasteiger partial charge in [-0.25, -0.2) is 4.79 Å². The summed E-state index contributed by atoms with van der Waals surface area (Å²) in [5.41, 5.74) is 2.98. The predicted molar refractivity (Wildman–Crippen MR) is 85.6 cm³/mol. The number of hydrogen-bond donors (Lipinski definition) is 1. The van der Waals surface area contributed by atoms with Crippen LogP contribution >= 0.6 is 15.9 Å². The lowest BCUT2D eigenvalue weighted by molar-refractivity contribution is 0.0405. The molecule has 2 aliphatic carbocycles. The van der Waals surface area contributed by atoms with E-state index in [2.05, 4.69) is 21.2 Å². The van der Waals surface area contributed by atoms with Crippen LogP contribution in [0.5, 0.6) is 0 Å². The smallest absolute Gasteiger partial charge is 0.339 e. The molecular formula is C17H20BrNO2. The van der Waals surface area contributed by atoms with Gasteiger partial charge < -0.3 is 10.1 Å². The zero-order valence-corrected chi connectivity index (χ0v) is 13.6. The van der Waals surface area contributed by atoms with Crippen LogP contribution in [0, 0.1) is 17.8 Å². The van der Waals surface area contributed by atoms with E-state index in [-0.39, 0.29) is 5.97 Å². The van der Waals surface area contributed by atoms with E-state index in [1.165, 1.54) is 31.2 Å². The van der Waals surface area contributed by atoms with Gasteiger partial charge in [0.2, 0.25) is 0 Å². The molecule has 1 heterocycles. The number of hydrogen-bond acceptors (Lipinski definition) is 3. The second-order valence-electron chi connectivity index (χ2n) is 6.70. The molecule has 1 aromatic rings. The van der Waals surface area contributed by atoms with Gasteiger partial charge in [0.05, 0.1) is 12.2 Å². The number of benzene rings is 1. The lowest BCUT2D eigenvalue weighted by atomic mass is 9.90. The molecule has 3 aliphatic rings. The molecule has 1 aromatic carbocycles. The van der Waals surface area contributed by atoms with Gasteiger partial charge in [-0.2, -0.15) is 0 Å². The molecule has 21 heavy (non-hydrogen) atoms. The fourth-order valence-corrected chi connectivity index (χ4v) is 4.40. The molecule has 0 radical (unpaired) electrons. The third-order valence-electron chi connectivity index (χ3n) is 5.22. The highest BCUT2D eigenvalue weighted by molar-refractivity contribution is 9.10. The summed E-state index contributed by atoms with van der Waals surface area (Å²) in [6.45, 7) is 1.53. The monoisotopic (exact) mass is 349 g/mol. The van der Waals surface area contributed by atoms with Gasteiger partial charge in [-0.05, 0) is 83.5 Å². The first-order valence-corrected chi connectivity index (χ1v) is 8.73. The zero-order chi connectivity index (χ0) is 14.4. The number of carbonyl (C=O) groups excluding carboxylic acids is 1. The van der Waals surface area contributed by atoms with Crippen molar-refractivity contribution in [3.63, 3.8) is 0 Å². The van der Waals surface area contributed by atoms with Crippen LogP contribution in [-0.4, -0.2) is 19.1 Å². The van der Waals surface area contributed by atoms with Crippen molar-refractivity contribution in [3.05, 3.63) is 27.7 Å². The Balaban J connectivity index is 1.40. The van der Waals surface area contributed by atoms with E-state index in [4.69, 9.17) is 4.74 Å². The summed E-state index contributed by atoms with van der Waals surface area (Å²) >= 11 is 3.50. The van der Waals surface area contributed by atoms with Crippen molar-refractivity contribution in [2.45, 2.75) is 32.1 Å². The summed E-state index contributed by atoms with van der Waals surface area (Å²) in [7, 11) is 0. The molecule has 0 bridgehead atoms. The van der Waals surface area contributed by atoms with Crippen molar-refractivity contribution < 1.29 is 9.53 Å². The highest BCUT2D eigenvalue weighted by Crippen LogP contribution is 2.51. The summed E-state index contributed by atoms with van der Waals surface area (Å²) in [6.07, 6.45) is 6.24. The summed E-state index contributed by atoms with van der Waals surface area (Å²) in [5, 5.41) is 3.31. The number of halogens is 1. The first kappa shape index (κ1) is 13.6. The Hall–Kier alpha value is -1.03. The number of carbonyl (C=O) groups is 1. The second-order valence-corrected chi connectivity index (χ2v) is 7.55. The maximum atomic E-state index is 12.3. The van der Waals surface area contributed by atoms with Gasteiger partial charge in [0, 0.05) is 16.7 Å². The molecule has 4 heteroatoms. The van der Waals surface area contributed by atoms with Crippen molar-refractivity contribution in [1.29, 1.82) is 0 Å². The molecule has 2 saturated carbocycles. The third-order valence-corrected chi connectivity index (χ3v) is 5.88. The Morgan fingerprint density at radius 2 is 2.19 bits per heavy atom. The van der Waals surface area contributed by atoms with E-state index in [0.717, 1.165) is 35.0 Å². The van der Waals surface area contributed by atoms with Gasteiger partial charge in [0.1, 0.15) is 0 Å². The van der Waals surface area contributed by atoms with E-state index >= 15 is 0 Å². The molecule has 1 aliphatic heterocycles. The number of nitrogens with one attached hydrogen (secondary N) is 1. The normalized spacial score (nSPS) is 29.3. The average Bonchev–Trinajstić information content (AvgIpc) is 3.12. The minimum Gasteiger partial charge on any atom is -0.462 e. The Kier molecular flexibility index (Phi) is 3.44. The minimum absolute atomic E-state index is 0.198. The van der Waals surface area contributed by atoms with Gasteiger partial charge in [0.15, 0.2) is 0 Å². The van der Waals surface area contributed by atoms with E-state index in [1.54, 1.807) is 0 Å². The first-order chi connectivity index (χ1) is 10.2. The molecular weight excluding hydrogens is 330 g/mol. The van der Waals surface area contributed by atoms with Gasteiger partial charge >= 0.3 is 5.97 Å². The third kappa shape index (κ3) is 2.70. The van der Waals surface area contributed by atoms with Crippen LogP contribution in [0.2, 0.25) is 0 Å². The second kappa shape index (κ2) is 5.31. The molecule has 0 aromatic heterocycles. The van der Waals surface area contributed by atoms with Crippen LogP contribution in [0.1, 0.15) is 41.6 Å². The van der Waals surface area contributed by atoms with Crippen molar-refractivity contribution >= 4 is 27.6 Å². The molecule has 2 fully saturated rings. The fraction of sp³-hybridized carbons (Fsp3) is 0.588. The molecule has 1 N–H and O–H groups in total. The fourth-order valence-electron chi connectivity index (χ4n) is 3.85. The van der Waals surface area contributed by atoms with E-state index in [9.17, 15) is 4.79 Å². The highest BCUT2D eigenvalue weighted by atomic mass is 79.9. The summed E-state index contributed by atoms with van der Waals surface area (Å²) in [5.74, 6) is 2.30. The minimum atomic E-state index is -0.198. The van der Waals surface area contributed by atoms with E-state index < -0.39 is 0 Å². The van der Waals surface area contributed by atoms with Gasteiger partial charge in [-0.3, -0.25) is 0 Å². The maximum absolute atomic E-state index is 12.3. The Bertz CT molecular complexity index is 586. The van der Waals surface area contributed by atoms with Crippen LogP contribution < -0.4 is 5.32 Å².